The zero-order valence-corrected chi connectivity index (χ0v) is 14.2. The van der Waals surface area contributed by atoms with Crippen LogP contribution < -0.4 is 10.0 Å². The molecule has 22 heavy (non-hydrogen) atoms. The standard InChI is InChI=1S/C14H20ClN3O3S/c1-18(2)8-7-16-14(19)10-3-6-12(15)13(9-10)22(20,21)17-11-4-5-11/h3,6,9,11,17H,4-5,7-8H2,1-2H3,(H,16,19). The molecule has 1 saturated carbocycles. The summed E-state index contributed by atoms with van der Waals surface area (Å²) in [5, 5.41) is 2.85. The van der Waals surface area contributed by atoms with Crippen LogP contribution >= 0.6 is 11.6 Å². The molecule has 122 valence electrons. The summed E-state index contributed by atoms with van der Waals surface area (Å²) in [5.41, 5.74) is 0.277. The summed E-state index contributed by atoms with van der Waals surface area (Å²) in [6, 6.07) is 4.25. The van der Waals surface area contributed by atoms with E-state index in [4.69, 9.17) is 11.6 Å². The lowest BCUT2D eigenvalue weighted by molar-refractivity contribution is 0.0951. The number of likely N-dealkylation sites (N-methyl/N-ethyl adjacent to an activating group) is 1. The zero-order valence-electron chi connectivity index (χ0n) is 12.6. The van der Waals surface area contributed by atoms with Crippen molar-refractivity contribution < 1.29 is 13.2 Å². The van der Waals surface area contributed by atoms with Crippen molar-refractivity contribution in [3.05, 3.63) is 28.8 Å². The minimum absolute atomic E-state index is 0.0151. The van der Waals surface area contributed by atoms with E-state index in [1.54, 1.807) is 0 Å². The average Bonchev–Trinajstić information content (AvgIpc) is 3.21. The van der Waals surface area contributed by atoms with Gasteiger partial charge >= 0.3 is 0 Å². The summed E-state index contributed by atoms with van der Waals surface area (Å²) in [7, 11) is 0.123. The number of carbonyl (C=O) groups is 1. The van der Waals surface area contributed by atoms with Gasteiger partial charge in [0.1, 0.15) is 4.90 Å². The predicted molar refractivity (Wildman–Crippen MR) is 85.7 cm³/mol. The highest BCUT2D eigenvalue weighted by atomic mass is 35.5. The molecule has 0 saturated heterocycles. The highest BCUT2D eigenvalue weighted by Gasteiger charge is 2.29. The first-order valence-corrected chi connectivity index (χ1v) is 8.90. The number of carbonyl (C=O) groups excluding carboxylic acids is 1. The number of nitrogens with zero attached hydrogens (tertiary/aromatic N) is 1. The van der Waals surface area contributed by atoms with Crippen LogP contribution in [0.1, 0.15) is 23.2 Å². The molecule has 0 bridgehead atoms. The highest BCUT2D eigenvalue weighted by Crippen LogP contribution is 2.26. The van der Waals surface area contributed by atoms with Crippen molar-refractivity contribution >= 4 is 27.5 Å². The maximum absolute atomic E-state index is 12.2. The van der Waals surface area contributed by atoms with Gasteiger partial charge in [0.05, 0.1) is 5.02 Å². The molecular weight excluding hydrogens is 326 g/mol. The number of hydrogen-bond acceptors (Lipinski definition) is 4. The molecule has 1 amide bonds. The Bertz CT molecular complexity index is 657. The second-order valence-electron chi connectivity index (χ2n) is 5.60. The van der Waals surface area contributed by atoms with Gasteiger partial charge in [0, 0.05) is 24.7 Å². The molecule has 0 radical (unpaired) electrons. The number of nitrogens with one attached hydrogen (secondary N) is 2. The fourth-order valence-electron chi connectivity index (χ4n) is 1.83. The van der Waals surface area contributed by atoms with Gasteiger partial charge in [-0.3, -0.25) is 4.79 Å². The molecule has 6 nitrogen and oxygen atoms in total. The van der Waals surface area contributed by atoms with E-state index >= 15 is 0 Å². The van der Waals surface area contributed by atoms with Crippen LogP contribution in [0.5, 0.6) is 0 Å². The van der Waals surface area contributed by atoms with E-state index in [1.165, 1.54) is 18.2 Å². The number of halogens is 1. The summed E-state index contributed by atoms with van der Waals surface area (Å²) in [6.07, 6.45) is 1.67. The predicted octanol–water partition coefficient (Wildman–Crippen LogP) is 1.07. The summed E-state index contributed by atoms with van der Waals surface area (Å²) in [6.45, 7) is 1.19. The Kier molecular flexibility index (Phi) is 5.44. The van der Waals surface area contributed by atoms with E-state index in [-0.39, 0.29) is 27.4 Å². The topological polar surface area (TPSA) is 78.5 Å². The van der Waals surface area contributed by atoms with Crippen molar-refractivity contribution in [1.82, 2.24) is 14.9 Å². The lowest BCUT2D eigenvalue weighted by Crippen LogP contribution is -2.31. The molecule has 2 rings (SSSR count). The van der Waals surface area contributed by atoms with Gasteiger partial charge in [-0.2, -0.15) is 0 Å². The van der Waals surface area contributed by atoms with Crippen LogP contribution in [0, 0.1) is 0 Å². The van der Waals surface area contributed by atoms with E-state index in [1.807, 2.05) is 19.0 Å². The van der Waals surface area contributed by atoms with Crippen molar-refractivity contribution in [2.45, 2.75) is 23.8 Å². The smallest absolute Gasteiger partial charge is 0.251 e. The monoisotopic (exact) mass is 345 g/mol. The molecule has 0 spiro atoms. The van der Waals surface area contributed by atoms with Gasteiger partial charge in [-0.1, -0.05) is 11.6 Å². The largest absolute Gasteiger partial charge is 0.351 e. The molecule has 8 heteroatoms. The lowest BCUT2D eigenvalue weighted by atomic mass is 10.2. The second-order valence-corrected chi connectivity index (χ2v) is 7.69. The minimum atomic E-state index is -3.69. The molecule has 1 aromatic rings. The number of hydrogen-bond donors (Lipinski definition) is 2. The molecule has 0 heterocycles. The van der Waals surface area contributed by atoms with Crippen molar-refractivity contribution in [2.24, 2.45) is 0 Å². The van der Waals surface area contributed by atoms with Gasteiger partial charge in [-0.05, 0) is 45.1 Å². The Morgan fingerprint density at radius 3 is 2.64 bits per heavy atom. The first-order valence-electron chi connectivity index (χ1n) is 7.04. The Morgan fingerprint density at radius 1 is 1.36 bits per heavy atom. The van der Waals surface area contributed by atoms with Crippen LogP contribution in [0.15, 0.2) is 23.1 Å². The van der Waals surface area contributed by atoms with E-state index in [2.05, 4.69) is 10.0 Å². The molecule has 0 aromatic heterocycles. The third-order valence-corrected chi connectivity index (χ3v) is 5.23. The molecule has 0 aliphatic heterocycles. The van der Waals surface area contributed by atoms with Crippen LogP contribution in [0.25, 0.3) is 0 Å². The fourth-order valence-corrected chi connectivity index (χ4v) is 3.66. The maximum atomic E-state index is 12.2. The van der Waals surface area contributed by atoms with Crippen molar-refractivity contribution in [3.8, 4) is 0 Å². The van der Waals surface area contributed by atoms with Crippen molar-refractivity contribution in [1.29, 1.82) is 0 Å². The summed E-state index contributed by atoms with van der Waals surface area (Å²) >= 11 is 5.98. The van der Waals surface area contributed by atoms with Crippen molar-refractivity contribution in [3.63, 3.8) is 0 Å². The van der Waals surface area contributed by atoms with Crippen LogP contribution in [-0.4, -0.2) is 52.5 Å². The first kappa shape index (κ1) is 17.2. The Labute approximate surface area is 135 Å². The van der Waals surface area contributed by atoms with Crippen LogP contribution in [0.4, 0.5) is 0 Å². The van der Waals surface area contributed by atoms with Crippen molar-refractivity contribution in [2.75, 3.05) is 27.2 Å². The van der Waals surface area contributed by atoms with Gasteiger partial charge in [-0.25, -0.2) is 13.1 Å². The number of amides is 1. The third-order valence-electron chi connectivity index (χ3n) is 3.23. The Balaban J connectivity index is 2.13. The van der Waals surface area contributed by atoms with Gasteiger partial charge < -0.3 is 10.2 Å². The number of sulfonamides is 1. The lowest BCUT2D eigenvalue weighted by Gasteiger charge is -2.12. The maximum Gasteiger partial charge on any atom is 0.251 e. The Morgan fingerprint density at radius 2 is 2.05 bits per heavy atom. The molecule has 0 unspecified atom stereocenters. The van der Waals surface area contributed by atoms with Gasteiger partial charge in [0.25, 0.3) is 5.91 Å². The molecule has 2 N–H and O–H groups in total. The number of benzene rings is 1. The second kappa shape index (κ2) is 6.95. The van der Waals surface area contributed by atoms with Crippen LogP contribution in [-0.2, 0) is 10.0 Å². The molecule has 0 atom stereocenters. The zero-order chi connectivity index (χ0) is 16.3. The molecule has 1 aliphatic carbocycles. The molecule has 1 aromatic carbocycles. The van der Waals surface area contributed by atoms with Gasteiger partial charge in [0.2, 0.25) is 10.0 Å². The molecule has 1 aliphatic rings. The number of rotatable bonds is 7. The highest BCUT2D eigenvalue weighted by molar-refractivity contribution is 7.89. The van der Waals surface area contributed by atoms with E-state index < -0.39 is 10.0 Å². The summed E-state index contributed by atoms with van der Waals surface area (Å²) in [4.78, 5) is 14.0. The van der Waals surface area contributed by atoms with Gasteiger partial charge in [-0.15, -0.1) is 0 Å². The van der Waals surface area contributed by atoms with E-state index in [9.17, 15) is 13.2 Å². The first-order chi connectivity index (χ1) is 10.3. The normalized spacial score (nSPS) is 15.1. The summed E-state index contributed by atoms with van der Waals surface area (Å²) in [5.74, 6) is -0.318. The van der Waals surface area contributed by atoms with E-state index in [0.29, 0.717) is 13.1 Å². The Hall–Kier alpha value is -1.15. The molecule has 1 fully saturated rings. The van der Waals surface area contributed by atoms with Gasteiger partial charge in [0.15, 0.2) is 0 Å². The summed E-state index contributed by atoms with van der Waals surface area (Å²) < 4.78 is 27.1. The minimum Gasteiger partial charge on any atom is -0.351 e. The molecular formula is C14H20ClN3O3S. The fraction of sp³-hybridized carbons (Fsp3) is 0.500. The average molecular weight is 346 g/mol. The van der Waals surface area contributed by atoms with E-state index in [0.717, 1.165) is 12.8 Å². The van der Waals surface area contributed by atoms with Crippen LogP contribution in [0.3, 0.4) is 0 Å². The quantitative estimate of drug-likeness (QED) is 0.775. The third kappa shape index (κ3) is 4.67. The SMILES string of the molecule is CN(C)CCNC(=O)c1ccc(Cl)c(S(=O)(=O)NC2CC2)c1. The van der Waals surface area contributed by atoms with Crippen LogP contribution in [0.2, 0.25) is 5.02 Å².